The van der Waals surface area contributed by atoms with Crippen molar-refractivity contribution in [1.29, 1.82) is 0 Å². The fourth-order valence-electron chi connectivity index (χ4n) is 4.18. The van der Waals surface area contributed by atoms with Crippen molar-refractivity contribution in [2.45, 2.75) is 64.6 Å². The predicted octanol–water partition coefficient (Wildman–Crippen LogP) is 2.98. The molecule has 2 unspecified atom stereocenters. The monoisotopic (exact) mass is 528 g/mol. The number of amides is 2. The second-order valence-corrected chi connectivity index (χ2v) is 9.65. The van der Waals surface area contributed by atoms with E-state index in [0.29, 0.717) is 35.8 Å². The van der Waals surface area contributed by atoms with Gasteiger partial charge in [0.1, 0.15) is 23.3 Å². The molecule has 0 fully saturated rings. The van der Waals surface area contributed by atoms with E-state index >= 15 is 0 Å². The number of halogens is 1. The van der Waals surface area contributed by atoms with Crippen molar-refractivity contribution in [3.8, 4) is 5.75 Å². The van der Waals surface area contributed by atoms with Crippen LogP contribution < -0.4 is 15.4 Å². The minimum Gasteiger partial charge on any atom is -0.494 e. The number of carbonyl (C=O) groups excluding carboxylic acids is 2. The molecule has 1 aliphatic heterocycles. The third-order valence-corrected chi connectivity index (χ3v) is 6.16. The first kappa shape index (κ1) is 29.0. The average Bonchev–Trinajstić information content (AvgIpc) is 3.35. The Bertz CT molecular complexity index is 1160. The molecule has 1 aromatic heterocycles. The Labute approximate surface area is 223 Å². The quantitative estimate of drug-likeness (QED) is 0.410. The van der Waals surface area contributed by atoms with E-state index < -0.39 is 5.82 Å². The van der Waals surface area contributed by atoms with Crippen LogP contribution in [0, 0.1) is 12.7 Å². The summed E-state index contributed by atoms with van der Waals surface area (Å²) in [7, 11) is 5.13. The molecule has 0 aliphatic carbocycles. The predicted molar refractivity (Wildman–Crippen MR) is 142 cm³/mol. The lowest BCUT2D eigenvalue weighted by Gasteiger charge is -2.19. The van der Waals surface area contributed by atoms with Crippen molar-refractivity contribution in [3.63, 3.8) is 0 Å². The number of ether oxygens (including phenoxy) is 1. The minimum atomic E-state index is -0.464. The number of likely N-dealkylation sites (N-methyl/N-ethyl adjacent to an activating group) is 1. The van der Waals surface area contributed by atoms with Crippen LogP contribution in [0.5, 0.6) is 5.75 Å². The Hall–Kier alpha value is -3.60. The number of hydrogen-bond donors (Lipinski definition) is 2. The topological polar surface area (TPSA) is 118 Å². The maximum absolute atomic E-state index is 13.6. The van der Waals surface area contributed by atoms with Gasteiger partial charge in [-0.25, -0.2) is 14.4 Å². The summed E-state index contributed by atoms with van der Waals surface area (Å²) >= 11 is 0. The molecule has 1 aliphatic rings. The number of aryl methyl sites for hydroxylation is 1. The molecule has 0 bridgehead atoms. The fourth-order valence-corrected chi connectivity index (χ4v) is 4.18. The molecule has 0 saturated carbocycles. The first-order valence-electron chi connectivity index (χ1n) is 12.8. The Morgan fingerprint density at radius 3 is 2.76 bits per heavy atom. The number of rotatable bonds is 13. The van der Waals surface area contributed by atoms with Crippen molar-refractivity contribution >= 4 is 17.5 Å². The minimum absolute atomic E-state index is 0.0287. The maximum Gasteiger partial charge on any atom is 0.270 e. The molecule has 2 heterocycles. The van der Waals surface area contributed by atoms with Crippen LogP contribution in [-0.2, 0) is 16.2 Å². The summed E-state index contributed by atoms with van der Waals surface area (Å²) in [6, 6.07) is 6.15. The highest BCUT2D eigenvalue weighted by Crippen LogP contribution is 2.21. The van der Waals surface area contributed by atoms with Crippen LogP contribution in [0.4, 0.5) is 4.39 Å². The number of oxime groups is 1. The Morgan fingerprint density at radius 2 is 2.05 bits per heavy atom. The Kier molecular flexibility index (Phi) is 10.5. The molecule has 1 aromatic carbocycles. The van der Waals surface area contributed by atoms with Gasteiger partial charge in [-0.05, 0) is 70.5 Å². The summed E-state index contributed by atoms with van der Waals surface area (Å²) in [5.41, 5.74) is 2.13. The van der Waals surface area contributed by atoms with E-state index in [9.17, 15) is 14.0 Å². The molecule has 11 heteroatoms. The number of nitrogens with one attached hydrogen (secondary N) is 2. The van der Waals surface area contributed by atoms with Crippen LogP contribution in [0.2, 0.25) is 0 Å². The lowest BCUT2D eigenvalue weighted by Crippen LogP contribution is -2.39. The lowest BCUT2D eigenvalue weighted by atomic mass is 10.0. The summed E-state index contributed by atoms with van der Waals surface area (Å²) in [6.07, 6.45) is 3.91. The summed E-state index contributed by atoms with van der Waals surface area (Å²) in [5.74, 6) is -0.251. The van der Waals surface area contributed by atoms with Gasteiger partial charge in [0, 0.05) is 19.0 Å². The van der Waals surface area contributed by atoms with Gasteiger partial charge in [-0.1, -0.05) is 18.1 Å². The normalized spacial score (nSPS) is 15.6. The van der Waals surface area contributed by atoms with Gasteiger partial charge in [0.05, 0.1) is 19.3 Å². The fraction of sp³-hybridized carbons (Fsp3) is 0.519. The van der Waals surface area contributed by atoms with Crippen LogP contribution >= 0.6 is 0 Å². The van der Waals surface area contributed by atoms with E-state index in [-0.39, 0.29) is 41.9 Å². The summed E-state index contributed by atoms with van der Waals surface area (Å²) < 4.78 is 18.6. The number of hydrogen-bond acceptors (Lipinski definition) is 8. The maximum atomic E-state index is 13.6. The average molecular weight is 529 g/mol. The van der Waals surface area contributed by atoms with E-state index in [0.717, 1.165) is 25.7 Å². The molecule has 0 saturated heterocycles. The number of carbonyl (C=O) groups is 2. The molecule has 38 heavy (non-hydrogen) atoms. The van der Waals surface area contributed by atoms with E-state index in [1.54, 1.807) is 19.1 Å². The number of nitrogens with zero attached hydrogens (tertiary/aromatic N) is 4. The molecule has 0 radical (unpaired) electrons. The zero-order valence-electron chi connectivity index (χ0n) is 22.7. The first-order chi connectivity index (χ1) is 18.2. The second kappa shape index (κ2) is 13.8. The Morgan fingerprint density at radius 1 is 1.26 bits per heavy atom. The number of methoxy groups -OCH3 is 1. The second-order valence-electron chi connectivity index (χ2n) is 9.65. The largest absolute Gasteiger partial charge is 0.494 e. The highest BCUT2D eigenvalue weighted by Gasteiger charge is 2.25. The van der Waals surface area contributed by atoms with E-state index in [1.165, 1.54) is 19.2 Å². The van der Waals surface area contributed by atoms with Gasteiger partial charge in [0.2, 0.25) is 5.91 Å². The highest BCUT2D eigenvalue weighted by atomic mass is 19.1. The standard InChI is InChI=1S/C27H37FN6O4/c1-6-19(32-26(35)16-34(3)4)8-7-9-20-13-23(33-38-20)22-14-24(31-17(2)30-22)27(36)29-15-18-10-11-21(28)25(12-18)37-5/h10-12,14,19-20H,6-9,13,15-16H2,1-5H3,(H,29,36)(H,32,35). The number of aromatic nitrogens is 2. The van der Waals surface area contributed by atoms with Gasteiger partial charge in [-0.15, -0.1) is 0 Å². The van der Waals surface area contributed by atoms with E-state index in [4.69, 9.17) is 9.57 Å². The molecule has 2 N–H and O–H groups in total. The van der Waals surface area contributed by atoms with Gasteiger partial charge >= 0.3 is 0 Å². The van der Waals surface area contributed by atoms with Crippen molar-refractivity contribution in [2.75, 3.05) is 27.7 Å². The van der Waals surface area contributed by atoms with Gasteiger partial charge in [-0.2, -0.15) is 0 Å². The van der Waals surface area contributed by atoms with Crippen LogP contribution in [0.1, 0.15) is 66.6 Å². The summed E-state index contributed by atoms with van der Waals surface area (Å²) in [6.45, 7) is 4.34. The van der Waals surface area contributed by atoms with Gasteiger partial charge in [-0.3, -0.25) is 9.59 Å². The third-order valence-electron chi connectivity index (χ3n) is 6.16. The summed E-state index contributed by atoms with van der Waals surface area (Å²) in [4.78, 5) is 41.0. The van der Waals surface area contributed by atoms with Crippen LogP contribution in [-0.4, -0.2) is 72.3 Å². The van der Waals surface area contributed by atoms with Gasteiger partial charge < -0.3 is 25.1 Å². The van der Waals surface area contributed by atoms with Crippen molar-refractivity contribution in [1.82, 2.24) is 25.5 Å². The van der Waals surface area contributed by atoms with Gasteiger partial charge in [0.15, 0.2) is 11.6 Å². The molecular formula is C27H37FN6O4. The van der Waals surface area contributed by atoms with E-state index in [2.05, 4.69) is 32.7 Å². The summed E-state index contributed by atoms with van der Waals surface area (Å²) in [5, 5.41) is 10.1. The van der Waals surface area contributed by atoms with E-state index in [1.807, 2.05) is 19.0 Å². The first-order valence-corrected chi connectivity index (χ1v) is 12.8. The molecule has 0 spiro atoms. The van der Waals surface area contributed by atoms with Crippen molar-refractivity contribution in [3.05, 3.63) is 52.9 Å². The molecule has 3 rings (SSSR count). The molecule has 2 amide bonds. The van der Waals surface area contributed by atoms with Crippen molar-refractivity contribution < 1.29 is 23.6 Å². The smallest absolute Gasteiger partial charge is 0.270 e. The Balaban J connectivity index is 1.52. The zero-order chi connectivity index (χ0) is 27.7. The molecule has 206 valence electrons. The molecule has 2 aromatic rings. The van der Waals surface area contributed by atoms with Gasteiger partial charge in [0.25, 0.3) is 5.91 Å². The molecular weight excluding hydrogens is 491 g/mol. The zero-order valence-corrected chi connectivity index (χ0v) is 22.7. The molecule has 10 nitrogen and oxygen atoms in total. The van der Waals surface area contributed by atoms with Crippen LogP contribution in [0.25, 0.3) is 0 Å². The number of benzene rings is 1. The molecule has 2 atom stereocenters. The SMILES string of the molecule is CCC(CCCC1CC(c2cc(C(=O)NCc3ccc(F)c(OC)c3)nc(C)n2)=NO1)NC(=O)CN(C)C. The lowest BCUT2D eigenvalue weighted by molar-refractivity contribution is -0.122. The highest BCUT2D eigenvalue weighted by molar-refractivity contribution is 6.01. The van der Waals surface area contributed by atoms with Crippen LogP contribution in [0.15, 0.2) is 29.4 Å². The van der Waals surface area contributed by atoms with Crippen molar-refractivity contribution in [2.24, 2.45) is 5.16 Å². The third kappa shape index (κ3) is 8.47. The van der Waals surface area contributed by atoms with Crippen LogP contribution in [0.3, 0.4) is 0 Å².